The summed E-state index contributed by atoms with van der Waals surface area (Å²) in [6, 6.07) is 11.7. The quantitative estimate of drug-likeness (QED) is 0.790. The first-order valence-corrected chi connectivity index (χ1v) is 7.94. The molecule has 3 rings (SSSR count). The number of nitrogens with two attached hydrogens (primary N) is 1. The predicted octanol–water partition coefficient (Wildman–Crippen LogP) is 3.39. The van der Waals surface area contributed by atoms with Crippen molar-refractivity contribution < 1.29 is 4.74 Å². The van der Waals surface area contributed by atoms with Crippen LogP contribution in [-0.2, 0) is 7.05 Å². The summed E-state index contributed by atoms with van der Waals surface area (Å²) >= 11 is 0. The van der Waals surface area contributed by atoms with Crippen molar-refractivity contribution in [1.82, 2.24) is 14.5 Å². The first-order chi connectivity index (χ1) is 12.0. The predicted molar refractivity (Wildman–Crippen MR) is 96.8 cm³/mol. The van der Waals surface area contributed by atoms with Gasteiger partial charge in [0.2, 0.25) is 0 Å². The summed E-state index contributed by atoms with van der Waals surface area (Å²) in [5.41, 5.74) is 9.47. The van der Waals surface area contributed by atoms with Gasteiger partial charge < -0.3 is 15.0 Å². The van der Waals surface area contributed by atoms with Gasteiger partial charge >= 0.3 is 0 Å². The molecule has 1 aromatic carbocycles. The van der Waals surface area contributed by atoms with Crippen LogP contribution in [0.15, 0.2) is 42.9 Å². The Morgan fingerprint density at radius 1 is 1.28 bits per heavy atom. The van der Waals surface area contributed by atoms with Crippen LogP contribution in [0.1, 0.15) is 19.4 Å². The minimum absolute atomic E-state index is 0.0826. The summed E-state index contributed by atoms with van der Waals surface area (Å²) in [5.74, 6) is 0.964. The van der Waals surface area contributed by atoms with E-state index in [0.717, 1.165) is 17.0 Å². The Labute approximate surface area is 146 Å². The first kappa shape index (κ1) is 16.5. The highest BCUT2D eigenvalue weighted by atomic mass is 16.5. The van der Waals surface area contributed by atoms with E-state index in [9.17, 15) is 5.26 Å². The number of hydrogen-bond donors (Lipinski definition) is 1. The number of nitrogens with zero attached hydrogens (tertiary/aromatic N) is 4. The second-order valence-electron chi connectivity index (χ2n) is 6.01. The van der Waals surface area contributed by atoms with E-state index in [1.807, 2.05) is 55.8 Å². The van der Waals surface area contributed by atoms with Gasteiger partial charge in [-0.05, 0) is 32.0 Å². The fourth-order valence-corrected chi connectivity index (χ4v) is 2.65. The van der Waals surface area contributed by atoms with Crippen molar-refractivity contribution in [1.29, 1.82) is 5.26 Å². The molecule has 0 bridgehead atoms. The van der Waals surface area contributed by atoms with Gasteiger partial charge in [0.05, 0.1) is 30.0 Å². The van der Waals surface area contributed by atoms with E-state index in [0.29, 0.717) is 16.8 Å². The van der Waals surface area contributed by atoms with Crippen LogP contribution in [0.3, 0.4) is 0 Å². The molecule has 0 unspecified atom stereocenters. The molecule has 3 aromatic rings. The van der Waals surface area contributed by atoms with Crippen LogP contribution in [0.5, 0.6) is 5.75 Å². The summed E-state index contributed by atoms with van der Waals surface area (Å²) < 4.78 is 7.59. The topological polar surface area (TPSA) is 89.8 Å². The lowest BCUT2D eigenvalue weighted by atomic mass is 10.0. The van der Waals surface area contributed by atoms with Gasteiger partial charge in [0.15, 0.2) is 0 Å². The van der Waals surface area contributed by atoms with Gasteiger partial charge in [-0.25, -0.2) is 9.97 Å². The van der Waals surface area contributed by atoms with Crippen molar-refractivity contribution in [2.45, 2.75) is 20.0 Å². The molecule has 0 saturated heterocycles. The number of aromatic nitrogens is 3. The zero-order chi connectivity index (χ0) is 18.0. The highest BCUT2D eigenvalue weighted by Gasteiger charge is 2.16. The highest BCUT2D eigenvalue weighted by molar-refractivity contribution is 5.78. The third kappa shape index (κ3) is 3.31. The molecule has 0 fully saturated rings. The Hall–Kier alpha value is -3.33. The monoisotopic (exact) mass is 333 g/mol. The van der Waals surface area contributed by atoms with Crippen LogP contribution < -0.4 is 10.5 Å². The van der Waals surface area contributed by atoms with Gasteiger partial charge in [-0.15, -0.1) is 0 Å². The Bertz CT molecular complexity index is 953. The highest BCUT2D eigenvalue weighted by Crippen LogP contribution is 2.32. The molecule has 2 heterocycles. The van der Waals surface area contributed by atoms with E-state index >= 15 is 0 Å². The third-order valence-corrected chi connectivity index (χ3v) is 3.75. The summed E-state index contributed by atoms with van der Waals surface area (Å²) in [5, 5.41) is 9.47. The molecular formula is C19H19N5O. The van der Waals surface area contributed by atoms with E-state index in [1.54, 1.807) is 12.5 Å². The van der Waals surface area contributed by atoms with Crippen molar-refractivity contribution in [2.75, 3.05) is 5.73 Å². The number of benzene rings is 1. The zero-order valence-corrected chi connectivity index (χ0v) is 14.4. The number of nitriles is 1. The lowest BCUT2D eigenvalue weighted by molar-refractivity contribution is 0.242. The second kappa shape index (κ2) is 6.65. The molecule has 0 aliphatic heterocycles. The van der Waals surface area contributed by atoms with Crippen LogP contribution >= 0.6 is 0 Å². The summed E-state index contributed by atoms with van der Waals surface area (Å²) in [7, 11) is 1.87. The molecule has 126 valence electrons. The summed E-state index contributed by atoms with van der Waals surface area (Å²) in [6.45, 7) is 3.95. The van der Waals surface area contributed by atoms with Crippen molar-refractivity contribution in [3.63, 3.8) is 0 Å². The number of aryl methyl sites for hydroxylation is 1. The molecule has 2 N–H and O–H groups in total. The zero-order valence-electron chi connectivity index (χ0n) is 14.4. The molecule has 0 aliphatic carbocycles. The molecule has 0 spiro atoms. The van der Waals surface area contributed by atoms with Gasteiger partial charge in [0.1, 0.15) is 23.2 Å². The normalized spacial score (nSPS) is 10.7. The van der Waals surface area contributed by atoms with Crippen LogP contribution in [0, 0.1) is 11.3 Å². The van der Waals surface area contributed by atoms with Crippen molar-refractivity contribution in [3.05, 3.63) is 48.4 Å². The SMILES string of the molecule is CC(C)Oc1cccc(-c2cc(-c3cncn3C)c(C#N)c(N)n2)c1. The van der Waals surface area contributed by atoms with Crippen LogP contribution in [0.2, 0.25) is 0 Å². The molecule has 0 amide bonds. The fraction of sp³-hybridized carbons (Fsp3) is 0.211. The second-order valence-corrected chi connectivity index (χ2v) is 6.01. The largest absolute Gasteiger partial charge is 0.491 e. The standard InChI is InChI=1S/C19H19N5O/c1-12(2)25-14-6-4-5-13(7-14)17-8-15(16(9-20)19(21)23-17)18-10-22-11-24(18)3/h4-8,10-12H,1-3H3,(H2,21,23). The number of rotatable bonds is 4. The maximum Gasteiger partial charge on any atom is 0.142 e. The van der Waals surface area contributed by atoms with Gasteiger partial charge in [-0.2, -0.15) is 5.26 Å². The van der Waals surface area contributed by atoms with Crippen molar-refractivity contribution in [3.8, 4) is 34.3 Å². The van der Waals surface area contributed by atoms with E-state index in [2.05, 4.69) is 16.0 Å². The molecular weight excluding hydrogens is 314 g/mol. The smallest absolute Gasteiger partial charge is 0.142 e. The molecule has 2 aromatic heterocycles. The van der Waals surface area contributed by atoms with Gasteiger partial charge in [-0.1, -0.05) is 12.1 Å². The molecule has 0 atom stereocenters. The number of anilines is 1. The number of hydrogen-bond acceptors (Lipinski definition) is 5. The average molecular weight is 333 g/mol. The van der Waals surface area contributed by atoms with Crippen molar-refractivity contribution >= 4 is 5.82 Å². The van der Waals surface area contributed by atoms with Gasteiger partial charge in [-0.3, -0.25) is 0 Å². The number of imidazole rings is 1. The molecule has 0 aliphatic rings. The first-order valence-electron chi connectivity index (χ1n) is 7.94. The maximum absolute atomic E-state index is 9.47. The van der Waals surface area contributed by atoms with E-state index in [1.165, 1.54) is 0 Å². The number of pyridine rings is 1. The fourth-order valence-electron chi connectivity index (χ4n) is 2.65. The maximum atomic E-state index is 9.47. The minimum Gasteiger partial charge on any atom is -0.491 e. The van der Waals surface area contributed by atoms with E-state index in [-0.39, 0.29) is 11.9 Å². The average Bonchev–Trinajstić information content (AvgIpc) is 2.99. The van der Waals surface area contributed by atoms with Gasteiger partial charge in [0.25, 0.3) is 0 Å². The summed E-state index contributed by atoms with van der Waals surface area (Å²) in [4.78, 5) is 8.53. The Kier molecular flexibility index (Phi) is 4.40. The molecule has 25 heavy (non-hydrogen) atoms. The molecule has 0 saturated carbocycles. The van der Waals surface area contributed by atoms with Crippen molar-refractivity contribution in [2.24, 2.45) is 7.05 Å². The third-order valence-electron chi connectivity index (χ3n) is 3.75. The molecule has 6 heteroatoms. The Morgan fingerprint density at radius 3 is 2.72 bits per heavy atom. The number of nitrogen functional groups attached to an aromatic ring is 1. The molecule has 0 radical (unpaired) electrons. The Morgan fingerprint density at radius 2 is 2.08 bits per heavy atom. The van der Waals surface area contributed by atoms with E-state index < -0.39 is 0 Å². The van der Waals surface area contributed by atoms with Crippen LogP contribution in [0.4, 0.5) is 5.82 Å². The van der Waals surface area contributed by atoms with Gasteiger partial charge in [0, 0.05) is 18.2 Å². The van der Waals surface area contributed by atoms with E-state index in [4.69, 9.17) is 10.5 Å². The Balaban J connectivity index is 2.14. The lowest BCUT2D eigenvalue weighted by Crippen LogP contribution is -2.05. The van der Waals surface area contributed by atoms with Crippen LogP contribution in [-0.4, -0.2) is 20.6 Å². The number of ether oxygens (including phenoxy) is 1. The summed E-state index contributed by atoms with van der Waals surface area (Å²) in [6.07, 6.45) is 3.47. The minimum atomic E-state index is 0.0826. The lowest BCUT2D eigenvalue weighted by Gasteiger charge is -2.13. The molecule has 6 nitrogen and oxygen atoms in total. The van der Waals surface area contributed by atoms with Crippen LogP contribution in [0.25, 0.3) is 22.5 Å².